The molecule has 1 saturated heterocycles. The van der Waals surface area contributed by atoms with Gasteiger partial charge in [0.1, 0.15) is 0 Å². The minimum Gasteiger partial charge on any atom is -0.353 e. The third-order valence-electron chi connectivity index (χ3n) is 4.76. The molecule has 1 atom stereocenters. The third kappa shape index (κ3) is 2.52. The molecule has 24 heavy (non-hydrogen) atoms. The zero-order valence-corrected chi connectivity index (χ0v) is 13.6. The van der Waals surface area contributed by atoms with Gasteiger partial charge >= 0.3 is 6.03 Å². The number of hydrogen-bond donors (Lipinski definition) is 1. The standard InChI is InChI=1S/C19H20N4O/c1-22-11-3-7-17(22)18-8-4-12-23(18)19(24)21-16-6-2-5-14-13-20-10-9-15(14)16/h2-3,5-7,9-11,13,18H,4,8,12H2,1H3,(H,21,24). The molecule has 0 radical (unpaired) electrons. The molecule has 1 aliphatic heterocycles. The maximum Gasteiger partial charge on any atom is 0.322 e. The Balaban J connectivity index is 1.60. The van der Waals surface area contributed by atoms with E-state index in [0.29, 0.717) is 0 Å². The molecule has 1 N–H and O–H groups in total. The summed E-state index contributed by atoms with van der Waals surface area (Å²) in [5.41, 5.74) is 2.02. The average molecular weight is 320 g/mol. The third-order valence-corrected chi connectivity index (χ3v) is 4.76. The summed E-state index contributed by atoms with van der Waals surface area (Å²) in [4.78, 5) is 18.9. The first kappa shape index (κ1) is 14.8. The molecule has 1 fully saturated rings. The maximum atomic E-state index is 12.9. The van der Waals surface area contributed by atoms with Crippen molar-refractivity contribution < 1.29 is 4.79 Å². The highest BCUT2D eigenvalue weighted by atomic mass is 16.2. The van der Waals surface area contributed by atoms with Crippen LogP contribution in [0.2, 0.25) is 0 Å². The van der Waals surface area contributed by atoms with Crippen molar-refractivity contribution >= 4 is 22.5 Å². The molecule has 3 heterocycles. The summed E-state index contributed by atoms with van der Waals surface area (Å²) in [7, 11) is 2.03. The van der Waals surface area contributed by atoms with Gasteiger partial charge in [0, 0.05) is 48.6 Å². The van der Waals surface area contributed by atoms with Crippen molar-refractivity contribution in [2.24, 2.45) is 7.05 Å². The molecule has 122 valence electrons. The van der Waals surface area contributed by atoms with Gasteiger partial charge < -0.3 is 14.8 Å². The van der Waals surface area contributed by atoms with Gasteiger partial charge in [0.05, 0.1) is 11.7 Å². The molecule has 0 bridgehead atoms. The number of aromatic nitrogens is 2. The lowest BCUT2D eigenvalue weighted by molar-refractivity contribution is 0.205. The van der Waals surface area contributed by atoms with Crippen molar-refractivity contribution in [1.82, 2.24) is 14.5 Å². The first-order valence-electron chi connectivity index (χ1n) is 8.25. The van der Waals surface area contributed by atoms with Crippen LogP contribution in [0.3, 0.4) is 0 Å². The fourth-order valence-electron chi connectivity index (χ4n) is 3.56. The first-order chi connectivity index (χ1) is 11.7. The topological polar surface area (TPSA) is 50.2 Å². The van der Waals surface area contributed by atoms with E-state index in [2.05, 4.69) is 20.9 Å². The number of rotatable bonds is 2. The van der Waals surface area contributed by atoms with Gasteiger partial charge in [-0.2, -0.15) is 0 Å². The number of fused-ring (bicyclic) bond motifs is 1. The highest BCUT2D eigenvalue weighted by Crippen LogP contribution is 2.33. The van der Waals surface area contributed by atoms with Gasteiger partial charge in [0.25, 0.3) is 0 Å². The van der Waals surface area contributed by atoms with Crippen LogP contribution in [0.5, 0.6) is 0 Å². The van der Waals surface area contributed by atoms with E-state index in [0.717, 1.165) is 35.8 Å². The zero-order chi connectivity index (χ0) is 16.5. The van der Waals surface area contributed by atoms with Crippen LogP contribution in [0.4, 0.5) is 10.5 Å². The van der Waals surface area contributed by atoms with Crippen LogP contribution in [0, 0.1) is 0 Å². The summed E-state index contributed by atoms with van der Waals surface area (Å²) < 4.78 is 2.10. The molecule has 2 amide bonds. The minimum absolute atomic E-state index is 0.0389. The lowest BCUT2D eigenvalue weighted by atomic mass is 10.1. The molecular weight excluding hydrogens is 300 g/mol. The quantitative estimate of drug-likeness (QED) is 0.777. The fraction of sp³-hybridized carbons (Fsp3) is 0.263. The van der Waals surface area contributed by atoms with E-state index in [9.17, 15) is 4.79 Å². The number of urea groups is 1. The summed E-state index contributed by atoms with van der Waals surface area (Å²) in [5, 5.41) is 5.12. The Morgan fingerprint density at radius 2 is 2.17 bits per heavy atom. The predicted octanol–water partition coefficient (Wildman–Crippen LogP) is 3.94. The van der Waals surface area contributed by atoms with E-state index in [1.54, 1.807) is 6.20 Å². The highest BCUT2D eigenvalue weighted by Gasteiger charge is 2.31. The number of carbonyl (C=O) groups is 1. The van der Waals surface area contributed by atoms with Crippen LogP contribution in [0.25, 0.3) is 10.8 Å². The van der Waals surface area contributed by atoms with Crippen LogP contribution in [0.1, 0.15) is 24.6 Å². The van der Waals surface area contributed by atoms with E-state index in [-0.39, 0.29) is 12.1 Å². The molecule has 0 aliphatic carbocycles. The number of benzene rings is 1. The second-order valence-electron chi connectivity index (χ2n) is 6.23. The smallest absolute Gasteiger partial charge is 0.322 e. The SMILES string of the molecule is Cn1cccc1C1CCCN1C(=O)Nc1cccc2cnccc12. The Bertz CT molecular complexity index is 880. The largest absolute Gasteiger partial charge is 0.353 e. The second kappa shape index (κ2) is 6.00. The molecule has 5 nitrogen and oxygen atoms in total. The van der Waals surface area contributed by atoms with Crippen LogP contribution < -0.4 is 5.32 Å². The number of carbonyl (C=O) groups excluding carboxylic acids is 1. The van der Waals surface area contributed by atoms with Gasteiger partial charge in [-0.3, -0.25) is 4.98 Å². The Hall–Kier alpha value is -2.82. The van der Waals surface area contributed by atoms with Crippen LogP contribution >= 0.6 is 0 Å². The monoisotopic (exact) mass is 320 g/mol. The van der Waals surface area contributed by atoms with E-state index in [1.165, 1.54) is 5.69 Å². The van der Waals surface area contributed by atoms with Crippen LogP contribution in [0.15, 0.2) is 55.0 Å². The lowest BCUT2D eigenvalue weighted by Gasteiger charge is -2.26. The number of nitrogens with one attached hydrogen (secondary N) is 1. The summed E-state index contributed by atoms with van der Waals surface area (Å²) in [6, 6.07) is 12.0. The molecule has 1 unspecified atom stereocenters. The number of likely N-dealkylation sites (tertiary alicyclic amines) is 1. The number of nitrogens with zero attached hydrogens (tertiary/aromatic N) is 3. The van der Waals surface area contributed by atoms with Gasteiger partial charge in [-0.15, -0.1) is 0 Å². The molecule has 0 saturated carbocycles. The van der Waals surface area contributed by atoms with Crippen molar-refractivity contribution in [3.8, 4) is 0 Å². The predicted molar refractivity (Wildman–Crippen MR) is 94.9 cm³/mol. The molecule has 2 aromatic heterocycles. The molecule has 3 aromatic rings. The van der Waals surface area contributed by atoms with Gasteiger partial charge in [0.2, 0.25) is 0 Å². The maximum absolute atomic E-state index is 12.9. The minimum atomic E-state index is -0.0389. The molecule has 1 aliphatic rings. The Labute approximate surface area is 140 Å². The van der Waals surface area contributed by atoms with Crippen LogP contribution in [-0.2, 0) is 7.05 Å². The van der Waals surface area contributed by atoms with Crippen molar-refractivity contribution in [3.05, 3.63) is 60.7 Å². The van der Waals surface area contributed by atoms with E-state index >= 15 is 0 Å². The second-order valence-corrected chi connectivity index (χ2v) is 6.23. The number of aryl methyl sites for hydroxylation is 1. The lowest BCUT2D eigenvalue weighted by Crippen LogP contribution is -2.35. The summed E-state index contributed by atoms with van der Waals surface area (Å²) in [5.74, 6) is 0. The highest BCUT2D eigenvalue weighted by molar-refractivity contribution is 6.01. The first-order valence-corrected chi connectivity index (χ1v) is 8.25. The van der Waals surface area contributed by atoms with Crippen molar-refractivity contribution in [2.75, 3.05) is 11.9 Å². The van der Waals surface area contributed by atoms with Gasteiger partial charge in [-0.1, -0.05) is 12.1 Å². The zero-order valence-electron chi connectivity index (χ0n) is 13.6. The Morgan fingerprint density at radius 1 is 1.25 bits per heavy atom. The van der Waals surface area contributed by atoms with Crippen molar-refractivity contribution in [3.63, 3.8) is 0 Å². The number of amides is 2. The molecular formula is C19H20N4O. The van der Waals surface area contributed by atoms with E-state index in [1.807, 2.05) is 54.7 Å². The number of pyridine rings is 1. The number of anilines is 1. The molecule has 1 aromatic carbocycles. The van der Waals surface area contributed by atoms with Crippen LogP contribution in [-0.4, -0.2) is 27.0 Å². The summed E-state index contributed by atoms with van der Waals surface area (Å²) in [6.07, 6.45) is 7.63. The van der Waals surface area contributed by atoms with E-state index < -0.39 is 0 Å². The molecule has 0 spiro atoms. The normalized spacial score (nSPS) is 17.4. The van der Waals surface area contributed by atoms with Gasteiger partial charge in [-0.05, 0) is 37.1 Å². The summed E-state index contributed by atoms with van der Waals surface area (Å²) >= 11 is 0. The fourth-order valence-corrected chi connectivity index (χ4v) is 3.56. The molecule has 5 heteroatoms. The van der Waals surface area contributed by atoms with Crippen molar-refractivity contribution in [2.45, 2.75) is 18.9 Å². The number of hydrogen-bond acceptors (Lipinski definition) is 2. The van der Waals surface area contributed by atoms with Crippen molar-refractivity contribution in [1.29, 1.82) is 0 Å². The Morgan fingerprint density at radius 3 is 3.00 bits per heavy atom. The average Bonchev–Trinajstić information content (AvgIpc) is 3.23. The van der Waals surface area contributed by atoms with Gasteiger partial charge in [-0.25, -0.2) is 4.79 Å². The Kier molecular flexibility index (Phi) is 3.69. The van der Waals surface area contributed by atoms with Gasteiger partial charge in [0.15, 0.2) is 0 Å². The molecule has 4 rings (SSSR count). The summed E-state index contributed by atoms with van der Waals surface area (Å²) in [6.45, 7) is 0.786. The van der Waals surface area contributed by atoms with E-state index in [4.69, 9.17) is 0 Å².